The van der Waals surface area contributed by atoms with Gasteiger partial charge in [-0.15, -0.1) is 0 Å². The number of nitrogens with zero attached hydrogens (tertiary/aromatic N) is 2. The number of anilines is 2. The number of hydrogen-bond acceptors (Lipinski definition) is 7. The van der Waals surface area contributed by atoms with E-state index in [1.54, 1.807) is 19.5 Å². The topological polar surface area (TPSA) is 88.7 Å². The molecule has 1 fully saturated rings. The molecule has 0 spiro atoms. The van der Waals surface area contributed by atoms with E-state index in [9.17, 15) is 4.79 Å². The lowest BCUT2D eigenvalue weighted by atomic mass is 9.95. The fourth-order valence-corrected chi connectivity index (χ4v) is 5.42. The Morgan fingerprint density at radius 2 is 2.08 bits per heavy atom. The van der Waals surface area contributed by atoms with Crippen molar-refractivity contribution in [1.82, 2.24) is 9.97 Å². The number of para-hydroxylation sites is 1. The Hall–Kier alpha value is -4.30. The molecule has 0 saturated carbocycles. The number of hydrogen-bond donors (Lipinski definition) is 2. The number of morpholine rings is 1. The molecule has 8 nitrogen and oxygen atoms in total. The average Bonchev–Trinajstić information content (AvgIpc) is 2.98. The molecule has 2 atom stereocenters. The maximum Gasteiger partial charge on any atom is 0.271 e. The van der Waals surface area contributed by atoms with Crippen molar-refractivity contribution in [3.8, 4) is 17.2 Å². The van der Waals surface area contributed by atoms with Gasteiger partial charge < -0.3 is 29.4 Å². The number of aromatic amines is 1. The second kappa shape index (κ2) is 10.8. The van der Waals surface area contributed by atoms with Gasteiger partial charge in [-0.2, -0.15) is 0 Å². The fraction of sp³-hybridized carbons (Fsp3) is 0.290. The number of rotatable bonds is 7. The molecule has 0 radical (unpaired) electrons. The Morgan fingerprint density at radius 3 is 2.92 bits per heavy atom. The molecule has 8 heteroatoms. The van der Waals surface area contributed by atoms with Crippen molar-refractivity contribution in [3.05, 3.63) is 106 Å². The summed E-state index contributed by atoms with van der Waals surface area (Å²) in [5.41, 5.74) is 5.96. The maximum absolute atomic E-state index is 12.4. The molecule has 2 aliphatic heterocycles. The molecule has 2 aliphatic rings. The fourth-order valence-electron chi connectivity index (χ4n) is 5.42. The van der Waals surface area contributed by atoms with E-state index in [4.69, 9.17) is 14.2 Å². The van der Waals surface area contributed by atoms with Gasteiger partial charge in [0.1, 0.15) is 29.0 Å². The number of benzene rings is 2. The van der Waals surface area contributed by atoms with Gasteiger partial charge in [0.05, 0.1) is 26.0 Å². The van der Waals surface area contributed by atoms with Crippen LogP contribution < -0.4 is 25.2 Å². The zero-order valence-corrected chi connectivity index (χ0v) is 22.1. The molecular formula is C31H32N4O4. The van der Waals surface area contributed by atoms with Gasteiger partial charge in [0, 0.05) is 48.7 Å². The monoisotopic (exact) mass is 524 g/mol. The molecule has 4 aromatic rings. The number of nitrogens with one attached hydrogen (secondary N) is 2. The summed E-state index contributed by atoms with van der Waals surface area (Å²) in [6.45, 7) is 3.94. The largest absolute Gasteiger partial charge is 0.495 e. The predicted molar refractivity (Wildman–Crippen MR) is 151 cm³/mol. The summed E-state index contributed by atoms with van der Waals surface area (Å²) in [4.78, 5) is 21.6. The van der Waals surface area contributed by atoms with Gasteiger partial charge in [0.15, 0.2) is 0 Å². The van der Waals surface area contributed by atoms with E-state index >= 15 is 0 Å². The summed E-state index contributed by atoms with van der Waals surface area (Å²) in [5.74, 6) is 2.46. The number of pyridine rings is 2. The quantitative estimate of drug-likeness (QED) is 0.286. The van der Waals surface area contributed by atoms with Crippen LogP contribution in [0.4, 0.5) is 11.4 Å². The van der Waals surface area contributed by atoms with E-state index in [0.717, 1.165) is 58.0 Å². The third-order valence-corrected chi connectivity index (χ3v) is 7.45. The molecular weight excluding hydrogens is 492 g/mol. The third kappa shape index (κ3) is 5.07. The highest BCUT2D eigenvalue weighted by atomic mass is 16.5. The predicted octanol–water partition coefficient (Wildman–Crippen LogP) is 5.62. The van der Waals surface area contributed by atoms with E-state index in [2.05, 4.69) is 57.4 Å². The molecule has 2 aromatic heterocycles. The number of fused-ring (bicyclic) bond motifs is 2. The van der Waals surface area contributed by atoms with Crippen LogP contribution in [0.25, 0.3) is 0 Å². The second-order valence-electron chi connectivity index (χ2n) is 9.89. The first-order valence-electron chi connectivity index (χ1n) is 13.3. The normalized spacial score (nSPS) is 17.0. The van der Waals surface area contributed by atoms with Crippen molar-refractivity contribution in [1.29, 1.82) is 0 Å². The molecule has 4 heterocycles. The molecule has 2 unspecified atom stereocenters. The molecule has 39 heavy (non-hydrogen) atoms. The van der Waals surface area contributed by atoms with Crippen molar-refractivity contribution in [3.63, 3.8) is 0 Å². The third-order valence-electron chi connectivity index (χ3n) is 7.45. The van der Waals surface area contributed by atoms with Gasteiger partial charge in [-0.3, -0.25) is 9.78 Å². The Balaban J connectivity index is 1.22. The maximum atomic E-state index is 12.4. The lowest BCUT2D eigenvalue weighted by Crippen LogP contribution is -2.41. The summed E-state index contributed by atoms with van der Waals surface area (Å²) in [5, 5.41) is 3.65. The van der Waals surface area contributed by atoms with Crippen LogP contribution >= 0.6 is 0 Å². The van der Waals surface area contributed by atoms with Crippen LogP contribution in [0.1, 0.15) is 47.7 Å². The van der Waals surface area contributed by atoms with Crippen LogP contribution in [0, 0.1) is 0 Å². The molecule has 0 bridgehead atoms. The Labute approximate surface area is 227 Å². The first kappa shape index (κ1) is 25.0. The highest BCUT2D eigenvalue weighted by molar-refractivity contribution is 5.59. The highest BCUT2D eigenvalue weighted by Gasteiger charge is 2.29. The van der Waals surface area contributed by atoms with Crippen LogP contribution in [0.5, 0.6) is 17.2 Å². The lowest BCUT2D eigenvalue weighted by molar-refractivity contribution is 0.0383. The number of methoxy groups -OCH3 is 1. The minimum Gasteiger partial charge on any atom is -0.495 e. The highest BCUT2D eigenvalue weighted by Crippen LogP contribution is 2.43. The van der Waals surface area contributed by atoms with Gasteiger partial charge in [0.2, 0.25) is 0 Å². The van der Waals surface area contributed by atoms with Crippen molar-refractivity contribution in [2.75, 3.05) is 37.0 Å². The number of aromatic nitrogens is 2. The molecule has 0 amide bonds. The van der Waals surface area contributed by atoms with Crippen molar-refractivity contribution < 1.29 is 14.2 Å². The summed E-state index contributed by atoms with van der Waals surface area (Å²) >= 11 is 0. The van der Waals surface area contributed by atoms with Gasteiger partial charge in [-0.05, 0) is 53.9 Å². The standard InChI is InChI=1S/C31H32N4O4/c1-3-26(22-16-24(37-2)18-32-17-22)34-23-9-10-28-21(15-23)14-20-6-4-7-25(30(20)39-28)29-19-35(12-13-38-29)27-8-5-11-33-31(27)36/h4-11,15-18,26,29,34H,3,12-14,19H2,1-2H3,(H,33,36). The van der Waals surface area contributed by atoms with Crippen LogP contribution in [0.3, 0.4) is 0 Å². The molecule has 1 saturated heterocycles. The van der Waals surface area contributed by atoms with Crippen molar-refractivity contribution in [2.45, 2.75) is 31.9 Å². The first-order chi connectivity index (χ1) is 19.1. The zero-order chi connectivity index (χ0) is 26.8. The summed E-state index contributed by atoms with van der Waals surface area (Å²) < 4.78 is 18.1. The smallest absolute Gasteiger partial charge is 0.271 e. The molecule has 2 aromatic carbocycles. The molecule has 2 N–H and O–H groups in total. The van der Waals surface area contributed by atoms with Crippen molar-refractivity contribution in [2.24, 2.45) is 0 Å². The first-order valence-corrected chi connectivity index (χ1v) is 13.3. The van der Waals surface area contributed by atoms with E-state index in [-0.39, 0.29) is 17.7 Å². The Bertz CT molecular complexity index is 1540. The Morgan fingerprint density at radius 1 is 1.15 bits per heavy atom. The minimum atomic E-state index is -0.197. The van der Waals surface area contributed by atoms with Gasteiger partial charge >= 0.3 is 0 Å². The van der Waals surface area contributed by atoms with Crippen molar-refractivity contribution >= 4 is 11.4 Å². The molecule has 6 rings (SSSR count). The van der Waals surface area contributed by atoms with E-state index in [1.807, 2.05) is 30.5 Å². The SMILES string of the molecule is CCC(Nc1ccc2c(c1)Cc1cccc(C3CN(c4ccc[nH]c4=O)CCO3)c1O2)c1cncc(OC)c1. The minimum absolute atomic E-state index is 0.0872. The van der Waals surface area contributed by atoms with Gasteiger partial charge in [0.25, 0.3) is 5.56 Å². The van der Waals surface area contributed by atoms with Crippen LogP contribution in [-0.4, -0.2) is 36.8 Å². The second-order valence-corrected chi connectivity index (χ2v) is 9.89. The molecule has 200 valence electrons. The van der Waals surface area contributed by atoms with Crippen LogP contribution in [0.2, 0.25) is 0 Å². The van der Waals surface area contributed by atoms with E-state index in [0.29, 0.717) is 25.4 Å². The average molecular weight is 525 g/mol. The van der Waals surface area contributed by atoms with E-state index in [1.165, 1.54) is 0 Å². The van der Waals surface area contributed by atoms with Gasteiger partial charge in [-0.1, -0.05) is 25.1 Å². The van der Waals surface area contributed by atoms with Gasteiger partial charge in [-0.25, -0.2) is 0 Å². The lowest BCUT2D eigenvalue weighted by Gasteiger charge is -2.35. The number of ether oxygens (including phenoxy) is 3. The summed E-state index contributed by atoms with van der Waals surface area (Å²) in [6.07, 6.45) is 6.72. The molecule has 0 aliphatic carbocycles. The van der Waals surface area contributed by atoms with Crippen LogP contribution in [-0.2, 0) is 11.2 Å². The summed E-state index contributed by atoms with van der Waals surface area (Å²) in [7, 11) is 1.66. The zero-order valence-electron chi connectivity index (χ0n) is 22.1. The van der Waals surface area contributed by atoms with Crippen LogP contribution in [0.15, 0.2) is 78.0 Å². The Kier molecular flexibility index (Phi) is 6.94. The number of H-pyrrole nitrogens is 1. The summed E-state index contributed by atoms with van der Waals surface area (Å²) in [6, 6.07) is 18.3. The van der Waals surface area contributed by atoms with E-state index < -0.39 is 0 Å².